The Kier molecular flexibility index (Phi) is 5.26. The third-order valence-corrected chi connectivity index (χ3v) is 3.72. The van der Waals surface area contributed by atoms with Crippen molar-refractivity contribution >= 4 is 0 Å². The zero-order chi connectivity index (χ0) is 14.5. The van der Waals surface area contributed by atoms with Crippen molar-refractivity contribution in [2.75, 3.05) is 19.8 Å². The van der Waals surface area contributed by atoms with Crippen LogP contribution in [0.1, 0.15) is 38.8 Å². The molecule has 4 heteroatoms. The van der Waals surface area contributed by atoms with Gasteiger partial charge in [0.15, 0.2) is 11.5 Å². The van der Waals surface area contributed by atoms with Crippen LogP contribution in [0.25, 0.3) is 0 Å². The lowest BCUT2D eigenvalue weighted by Gasteiger charge is -2.24. The summed E-state index contributed by atoms with van der Waals surface area (Å²) in [6, 6.07) is 6.29. The van der Waals surface area contributed by atoms with E-state index in [1.54, 1.807) is 0 Å². The summed E-state index contributed by atoms with van der Waals surface area (Å²) in [6.07, 6.45) is 0.644. The third kappa shape index (κ3) is 3.64. The van der Waals surface area contributed by atoms with Crippen LogP contribution in [0, 0.1) is 5.92 Å². The molecule has 0 bridgehead atoms. The first-order chi connectivity index (χ1) is 9.61. The lowest BCUT2D eigenvalue weighted by atomic mass is 10.0. The van der Waals surface area contributed by atoms with E-state index in [1.165, 1.54) is 5.56 Å². The molecule has 0 aliphatic carbocycles. The third-order valence-electron chi connectivity index (χ3n) is 3.72. The van der Waals surface area contributed by atoms with E-state index in [1.807, 2.05) is 26.0 Å². The van der Waals surface area contributed by atoms with Gasteiger partial charge in [0.05, 0.1) is 6.10 Å². The number of hydrogen-bond acceptors (Lipinski definition) is 4. The summed E-state index contributed by atoms with van der Waals surface area (Å²) in [5.74, 6) is 1.90. The fourth-order valence-corrected chi connectivity index (χ4v) is 2.27. The van der Waals surface area contributed by atoms with Crippen LogP contribution in [0.4, 0.5) is 0 Å². The van der Waals surface area contributed by atoms with Gasteiger partial charge in [-0.3, -0.25) is 0 Å². The van der Waals surface area contributed by atoms with Crippen molar-refractivity contribution in [3.63, 3.8) is 0 Å². The van der Waals surface area contributed by atoms with Crippen molar-refractivity contribution in [2.24, 2.45) is 5.92 Å². The maximum Gasteiger partial charge on any atom is 0.161 e. The number of nitrogens with one attached hydrogen (secondary N) is 1. The number of hydrogen-bond donors (Lipinski definition) is 2. The maximum absolute atomic E-state index is 9.90. The Labute approximate surface area is 121 Å². The Morgan fingerprint density at radius 2 is 1.90 bits per heavy atom. The van der Waals surface area contributed by atoms with E-state index in [0.717, 1.165) is 17.9 Å². The molecule has 2 atom stereocenters. The predicted octanol–water partition coefficient (Wildman–Crippen LogP) is 2.52. The van der Waals surface area contributed by atoms with Crippen molar-refractivity contribution in [1.82, 2.24) is 5.32 Å². The molecule has 0 saturated heterocycles. The van der Waals surface area contributed by atoms with Crippen LogP contribution in [0.15, 0.2) is 18.2 Å². The number of rotatable bonds is 6. The lowest BCUT2D eigenvalue weighted by Crippen LogP contribution is -2.33. The molecule has 0 amide bonds. The zero-order valence-corrected chi connectivity index (χ0v) is 12.6. The van der Waals surface area contributed by atoms with Gasteiger partial charge in [-0.1, -0.05) is 26.8 Å². The molecule has 2 N–H and O–H groups in total. The largest absolute Gasteiger partial charge is 0.486 e. The van der Waals surface area contributed by atoms with Gasteiger partial charge in [-0.05, 0) is 30.0 Å². The van der Waals surface area contributed by atoms with E-state index < -0.39 is 0 Å². The Morgan fingerprint density at radius 1 is 1.20 bits per heavy atom. The summed E-state index contributed by atoms with van der Waals surface area (Å²) in [4.78, 5) is 0. The Bertz CT molecular complexity index is 434. The number of aliphatic hydroxyl groups is 1. The summed E-state index contributed by atoms with van der Waals surface area (Å²) in [5.41, 5.74) is 1.17. The normalized spacial score (nSPS) is 17.1. The molecule has 0 aromatic heterocycles. The average Bonchev–Trinajstić information content (AvgIpc) is 2.47. The first kappa shape index (κ1) is 15.1. The van der Waals surface area contributed by atoms with Crippen molar-refractivity contribution in [2.45, 2.75) is 39.3 Å². The molecule has 112 valence electrons. The molecule has 2 unspecified atom stereocenters. The molecule has 1 aromatic carbocycles. The van der Waals surface area contributed by atoms with Gasteiger partial charge in [0.25, 0.3) is 0 Å². The van der Waals surface area contributed by atoms with Gasteiger partial charge in [-0.2, -0.15) is 0 Å². The molecule has 4 nitrogen and oxygen atoms in total. The van der Waals surface area contributed by atoms with Crippen molar-refractivity contribution in [3.8, 4) is 11.5 Å². The van der Waals surface area contributed by atoms with Gasteiger partial charge in [0, 0.05) is 12.6 Å². The molecular weight excluding hydrogens is 254 g/mol. The minimum atomic E-state index is -0.318. The highest BCUT2D eigenvalue weighted by Gasteiger charge is 2.17. The molecule has 1 aromatic rings. The number of ether oxygens (including phenoxy) is 2. The standard InChI is InChI=1S/C16H25NO3/c1-4-13(17-10-14(18)11(2)3)12-5-6-15-16(9-12)20-8-7-19-15/h5-6,9,11,13-14,17-18H,4,7-8,10H2,1-3H3. The molecule has 0 fully saturated rings. The van der Waals surface area contributed by atoms with Crippen molar-refractivity contribution in [3.05, 3.63) is 23.8 Å². The molecule has 0 radical (unpaired) electrons. The van der Waals surface area contributed by atoms with Crippen LogP contribution in [0.2, 0.25) is 0 Å². The predicted molar refractivity (Wildman–Crippen MR) is 79.3 cm³/mol. The van der Waals surface area contributed by atoms with Crippen LogP contribution >= 0.6 is 0 Å². The van der Waals surface area contributed by atoms with Gasteiger partial charge in [0.2, 0.25) is 0 Å². The highest BCUT2D eigenvalue weighted by molar-refractivity contribution is 5.44. The van der Waals surface area contributed by atoms with Crippen molar-refractivity contribution < 1.29 is 14.6 Å². The smallest absolute Gasteiger partial charge is 0.161 e. The topological polar surface area (TPSA) is 50.7 Å². The van der Waals surface area contributed by atoms with Crippen LogP contribution in [-0.4, -0.2) is 31.0 Å². The van der Waals surface area contributed by atoms with Crippen LogP contribution in [0.3, 0.4) is 0 Å². The fraction of sp³-hybridized carbons (Fsp3) is 0.625. The highest BCUT2D eigenvalue weighted by Crippen LogP contribution is 2.33. The molecule has 20 heavy (non-hydrogen) atoms. The molecule has 1 heterocycles. The molecule has 0 spiro atoms. The summed E-state index contributed by atoms with van der Waals surface area (Å²) in [6.45, 7) is 8.00. The van der Waals surface area contributed by atoms with Crippen LogP contribution < -0.4 is 14.8 Å². The van der Waals surface area contributed by atoms with E-state index >= 15 is 0 Å². The van der Waals surface area contributed by atoms with Gasteiger partial charge in [0.1, 0.15) is 13.2 Å². The Balaban J connectivity index is 2.03. The molecule has 2 rings (SSSR count). The minimum absolute atomic E-state index is 0.222. The number of fused-ring (bicyclic) bond motifs is 1. The summed E-state index contributed by atoms with van der Waals surface area (Å²) in [5, 5.41) is 13.3. The van der Waals surface area contributed by atoms with Gasteiger partial charge < -0.3 is 19.9 Å². The lowest BCUT2D eigenvalue weighted by molar-refractivity contribution is 0.119. The van der Waals surface area contributed by atoms with E-state index in [9.17, 15) is 5.11 Å². The van der Waals surface area contributed by atoms with Crippen LogP contribution in [0.5, 0.6) is 11.5 Å². The van der Waals surface area contributed by atoms with Crippen molar-refractivity contribution in [1.29, 1.82) is 0 Å². The van der Waals surface area contributed by atoms with E-state index in [4.69, 9.17) is 9.47 Å². The van der Waals surface area contributed by atoms with Crippen LogP contribution in [-0.2, 0) is 0 Å². The molecule has 1 aliphatic heterocycles. The highest BCUT2D eigenvalue weighted by atomic mass is 16.6. The monoisotopic (exact) mass is 279 g/mol. The minimum Gasteiger partial charge on any atom is -0.486 e. The van der Waals surface area contributed by atoms with Gasteiger partial charge in [-0.15, -0.1) is 0 Å². The summed E-state index contributed by atoms with van der Waals surface area (Å²) < 4.78 is 11.2. The molecular formula is C16H25NO3. The van der Waals surface area contributed by atoms with E-state index in [2.05, 4.69) is 18.3 Å². The second-order valence-electron chi connectivity index (χ2n) is 5.58. The fourth-order valence-electron chi connectivity index (χ4n) is 2.27. The average molecular weight is 279 g/mol. The van der Waals surface area contributed by atoms with Gasteiger partial charge >= 0.3 is 0 Å². The molecule has 0 saturated carbocycles. The van der Waals surface area contributed by atoms with E-state index in [-0.39, 0.29) is 18.1 Å². The quantitative estimate of drug-likeness (QED) is 0.840. The summed E-state index contributed by atoms with van der Waals surface area (Å²) >= 11 is 0. The zero-order valence-electron chi connectivity index (χ0n) is 12.6. The van der Waals surface area contributed by atoms with Gasteiger partial charge in [-0.25, -0.2) is 0 Å². The second-order valence-corrected chi connectivity index (χ2v) is 5.58. The Morgan fingerprint density at radius 3 is 2.55 bits per heavy atom. The first-order valence-electron chi connectivity index (χ1n) is 7.42. The number of aliphatic hydroxyl groups excluding tert-OH is 1. The number of benzene rings is 1. The first-order valence-corrected chi connectivity index (χ1v) is 7.42. The maximum atomic E-state index is 9.90. The molecule has 1 aliphatic rings. The second kappa shape index (κ2) is 6.95. The Hall–Kier alpha value is -1.26. The SMILES string of the molecule is CCC(NCC(O)C(C)C)c1ccc2c(c1)OCCO2. The van der Waals surface area contributed by atoms with E-state index in [0.29, 0.717) is 19.8 Å². The summed E-state index contributed by atoms with van der Waals surface area (Å²) in [7, 11) is 0.